The molecule has 2 aromatic heterocycles. The minimum absolute atomic E-state index is 0.263. The lowest BCUT2D eigenvalue weighted by Gasteiger charge is -2.35. The van der Waals surface area contributed by atoms with Crippen molar-refractivity contribution in [3.8, 4) is 11.4 Å². The molecule has 0 unspecified atom stereocenters. The SMILES string of the molecule is COCCn1nc(-c2cocn2)c2c1CCN(C(=O)CC1CCN(C(C)C)CC1)C2. The van der Waals surface area contributed by atoms with Gasteiger partial charge in [-0.25, -0.2) is 4.98 Å². The van der Waals surface area contributed by atoms with Crippen LogP contribution in [0, 0.1) is 5.92 Å². The number of likely N-dealkylation sites (tertiary alicyclic amines) is 1. The molecule has 0 atom stereocenters. The molecule has 4 rings (SSSR count). The number of carbonyl (C=O) groups excluding carboxylic acids is 1. The summed E-state index contributed by atoms with van der Waals surface area (Å²) in [6.07, 6.45) is 6.72. The molecule has 0 bridgehead atoms. The first-order valence-corrected chi connectivity index (χ1v) is 11.0. The smallest absolute Gasteiger partial charge is 0.223 e. The van der Waals surface area contributed by atoms with Crippen LogP contribution < -0.4 is 0 Å². The molecule has 30 heavy (non-hydrogen) atoms. The van der Waals surface area contributed by atoms with Crippen LogP contribution in [0.3, 0.4) is 0 Å². The number of hydrogen-bond donors (Lipinski definition) is 0. The van der Waals surface area contributed by atoms with Gasteiger partial charge in [0.25, 0.3) is 0 Å². The molecule has 4 heterocycles. The molecule has 1 amide bonds. The average molecular weight is 416 g/mol. The molecule has 1 saturated heterocycles. The van der Waals surface area contributed by atoms with Crippen molar-refractivity contribution in [2.75, 3.05) is 33.4 Å². The second-order valence-corrected chi connectivity index (χ2v) is 8.71. The van der Waals surface area contributed by atoms with Crippen molar-refractivity contribution in [3.05, 3.63) is 23.9 Å². The van der Waals surface area contributed by atoms with Crippen molar-refractivity contribution in [2.45, 2.75) is 58.7 Å². The molecule has 8 heteroatoms. The number of hydrogen-bond acceptors (Lipinski definition) is 6. The molecule has 0 aliphatic carbocycles. The van der Waals surface area contributed by atoms with Crippen molar-refractivity contribution in [2.24, 2.45) is 5.92 Å². The number of piperidine rings is 1. The van der Waals surface area contributed by atoms with Crippen molar-refractivity contribution in [1.82, 2.24) is 24.6 Å². The van der Waals surface area contributed by atoms with E-state index in [1.165, 1.54) is 12.1 Å². The second kappa shape index (κ2) is 9.31. The first-order chi connectivity index (χ1) is 14.6. The second-order valence-electron chi connectivity index (χ2n) is 8.71. The Morgan fingerprint density at radius 3 is 2.77 bits per heavy atom. The first-order valence-electron chi connectivity index (χ1n) is 11.0. The van der Waals surface area contributed by atoms with Crippen molar-refractivity contribution in [1.29, 1.82) is 0 Å². The first kappa shape index (κ1) is 21.1. The fourth-order valence-corrected chi connectivity index (χ4v) is 4.65. The third-order valence-electron chi connectivity index (χ3n) is 6.51. The minimum atomic E-state index is 0.263. The summed E-state index contributed by atoms with van der Waals surface area (Å²) in [5.74, 6) is 0.757. The molecule has 0 aromatic carbocycles. The van der Waals surface area contributed by atoms with Crippen LogP contribution in [0.1, 0.15) is 44.4 Å². The molecule has 0 spiro atoms. The summed E-state index contributed by atoms with van der Waals surface area (Å²) in [5, 5.41) is 4.78. The number of rotatable bonds is 7. The largest absolute Gasteiger partial charge is 0.451 e. The molecule has 1 fully saturated rings. The van der Waals surface area contributed by atoms with Crippen LogP contribution in [-0.2, 0) is 29.0 Å². The van der Waals surface area contributed by atoms with Gasteiger partial charge < -0.3 is 19.0 Å². The van der Waals surface area contributed by atoms with E-state index in [0.717, 1.165) is 55.8 Å². The zero-order valence-electron chi connectivity index (χ0n) is 18.3. The maximum atomic E-state index is 13.1. The third kappa shape index (κ3) is 4.44. The Hall–Kier alpha value is -2.19. The van der Waals surface area contributed by atoms with E-state index in [9.17, 15) is 4.79 Å². The van der Waals surface area contributed by atoms with Gasteiger partial charge in [0, 0.05) is 50.3 Å². The van der Waals surface area contributed by atoms with Gasteiger partial charge in [-0.05, 0) is 45.7 Å². The number of methoxy groups -OCH3 is 1. The van der Waals surface area contributed by atoms with Crippen LogP contribution in [0.5, 0.6) is 0 Å². The molecule has 2 aliphatic rings. The van der Waals surface area contributed by atoms with Gasteiger partial charge in [-0.1, -0.05) is 0 Å². The van der Waals surface area contributed by atoms with Gasteiger partial charge in [0.2, 0.25) is 5.91 Å². The van der Waals surface area contributed by atoms with E-state index in [2.05, 4.69) is 23.7 Å². The van der Waals surface area contributed by atoms with Crippen LogP contribution >= 0.6 is 0 Å². The summed E-state index contributed by atoms with van der Waals surface area (Å²) in [4.78, 5) is 21.9. The molecule has 2 aliphatic heterocycles. The van der Waals surface area contributed by atoms with E-state index in [-0.39, 0.29) is 5.91 Å². The number of ether oxygens (including phenoxy) is 1. The van der Waals surface area contributed by atoms with E-state index >= 15 is 0 Å². The van der Waals surface area contributed by atoms with Gasteiger partial charge in [-0.3, -0.25) is 9.48 Å². The van der Waals surface area contributed by atoms with Crippen LogP contribution in [0.2, 0.25) is 0 Å². The summed E-state index contributed by atoms with van der Waals surface area (Å²) in [6.45, 7) is 9.32. The Kier molecular flexibility index (Phi) is 6.53. The number of aromatic nitrogens is 3. The Balaban J connectivity index is 1.45. The Labute approximate surface area is 178 Å². The zero-order chi connectivity index (χ0) is 21.1. The van der Waals surface area contributed by atoms with Crippen LogP contribution in [0.4, 0.5) is 0 Å². The van der Waals surface area contributed by atoms with Crippen LogP contribution in [0.25, 0.3) is 11.4 Å². The van der Waals surface area contributed by atoms with Crippen molar-refractivity contribution >= 4 is 5.91 Å². The molecule has 0 N–H and O–H groups in total. The average Bonchev–Trinajstić information content (AvgIpc) is 3.40. The van der Waals surface area contributed by atoms with Gasteiger partial charge >= 0.3 is 0 Å². The number of nitrogens with zero attached hydrogens (tertiary/aromatic N) is 5. The fourth-order valence-electron chi connectivity index (χ4n) is 4.65. The summed E-state index contributed by atoms with van der Waals surface area (Å²) >= 11 is 0. The highest BCUT2D eigenvalue weighted by molar-refractivity contribution is 5.77. The lowest BCUT2D eigenvalue weighted by Crippen LogP contribution is -2.41. The number of oxazole rings is 1. The highest BCUT2D eigenvalue weighted by Crippen LogP contribution is 2.30. The van der Waals surface area contributed by atoms with Crippen molar-refractivity contribution in [3.63, 3.8) is 0 Å². The zero-order valence-corrected chi connectivity index (χ0v) is 18.3. The molecular formula is C22H33N5O3. The van der Waals surface area contributed by atoms with Gasteiger partial charge in [-0.15, -0.1) is 0 Å². The quantitative estimate of drug-likeness (QED) is 0.692. The lowest BCUT2D eigenvalue weighted by molar-refractivity contribution is -0.133. The Morgan fingerprint density at radius 1 is 1.30 bits per heavy atom. The number of carbonyl (C=O) groups is 1. The standard InChI is InChI=1S/C22H33N5O3/c1-16(2)25-7-4-17(5-8-25)12-21(28)26-9-6-20-18(13-26)22(19-14-30-15-23-19)24-27(20)10-11-29-3/h14-17H,4-13H2,1-3H3. The third-order valence-corrected chi connectivity index (χ3v) is 6.51. The highest BCUT2D eigenvalue weighted by atomic mass is 16.5. The van der Waals surface area contributed by atoms with Crippen LogP contribution in [0.15, 0.2) is 17.1 Å². The van der Waals surface area contributed by atoms with Gasteiger partial charge in [0.15, 0.2) is 6.39 Å². The summed E-state index contributed by atoms with van der Waals surface area (Å²) in [5.41, 5.74) is 3.81. The molecule has 0 radical (unpaired) electrons. The monoisotopic (exact) mass is 415 g/mol. The van der Waals surface area contributed by atoms with Crippen LogP contribution in [-0.4, -0.2) is 69.9 Å². The molecule has 164 valence electrons. The van der Waals surface area contributed by atoms with E-state index in [4.69, 9.17) is 14.3 Å². The summed E-state index contributed by atoms with van der Waals surface area (Å²) in [7, 11) is 1.69. The topological polar surface area (TPSA) is 76.6 Å². The normalized spacial score (nSPS) is 18.2. The fraction of sp³-hybridized carbons (Fsp3) is 0.682. The predicted octanol–water partition coefficient (Wildman–Crippen LogP) is 2.58. The van der Waals surface area contributed by atoms with E-state index in [1.807, 2.05) is 9.58 Å². The van der Waals surface area contributed by atoms with Crippen molar-refractivity contribution < 1.29 is 13.9 Å². The number of fused-ring (bicyclic) bond motifs is 1. The predicted molar refractivity (Wildman–Crippen MR) is 113 cm³/mol. The number of amides is 1. The minimum Gasteiger partial charge on any atom is -0.451 e. The van der Waals surface area contributed by atoms with E-state index in [1.54, 1.807) is 13.4 Å². The highest BCUT2D eigenvalue weighted by Gasteiger charge is 2.30. The molecule has 0 saturated carbocycles. The maximum absolute atomic E-state index is 13.1. The molecular weight excluding hydrogens is 382 g/mol. The Bertz CT molecular complexity index is 837. The summed E-state index contributed by atoms with van der Waals surface area (Å²) < 4.78 is 12.4. The lowest BCUT2D eigenvalue weighted by atomic mass is 9.92. The Morgan fingerprint density at radius 2 is 2.10 bits per heavy atom. The molecule has 8 nitrogen and oxygen atoms in total. The van der Waals surface area contributed by atoms with E-state index < -0.39 is 0 Å². The maximum Gasteiger partial charge on any atom is 0.223 e. The van der Waals surface area contributed by atoms with E-state index in [0.29, 0.717) is 38.1 Å². The van der Waals surface area contributed by atoms with Gasteiger partial charge in [0.1, 0.15) is 17.7 Å². The summed E-state index contributed by atoms with van der Waals surface area (Å²) in [6, 6.07) is 0.590. The van der Waals surface area contributed by atoms with Gasteiger partial charge in [-0.2, -0.15) is 5.10 Å². The van der Waals surface area contributed by atoms with Gasteiger partial charge in [0.05, 0.1) is 13.2 Å². The molecule has 2 aromatic rings.